The topological polar surface area (TPSA) is 87.9 Å². The number of nitrogens with zero attached hydrogens (tertiary/aromatic N) is 3. The van der Waals surface area contributed by atoms with Gasteiger partial charge in [0.1, 0.15) is 23.1 Å². The van der Waals surface area contributed by atoms with Gasteiger partial charge in [-0.25, -0.2) is 22.4 Å². The maximum Gasteiger partial charge on any atom is 0.407 e. The standard InChI is InChI=1S/C12H16F2N2O2.C7H4F2N2/c1-12(2,3)18-11(17)16-7-8-5-4-6-15-9(8)10(13)14;8-7(9)6-5(4-10)2-1-3-11-6/h4-6,10H,7H2,1-3H3,(H,16,17);1-3,7H. The Morgan fingerprint density at radius 1 is 1.10 bits per heavy atom. The Bertz CT molecular complexity index is 849. The molecule has 0 fully saturated rings. The zero-order valence-electron chi connectivity index (χ0n) is 16.0. The molecule has 29 heavy (non-hydrogen) atoms. The number of aromatic nitrogens is 2. The molecule has 156 valence electrons. The molecule has 0 spiro atoms. The van der Waals surface area contributed by atoms with Crippen LogP contribution in [0.1, 0.15) is 56.1 Å². The van der Waals surface area contributed by atoms with Gasteiger partial charge in [0.05, 0.1) is 5.56 Å². The molecule has 0 aliphatic rings. The van der Waals surface area contributed by atoms with E-state index in [0.29, 0.717) is 0 Å². The number of halogens is 4. The number of carbonyl (C=O) groups is 1. The molecule has 2 aromatic heterocycles. The first-order chi connectivity index (χ1) is 13.5. The molecule has 0 radical (unpaired) electrons. The third-order valence-corrected chi connectivity index (χ3v) is 3.12. The molecule has 0 bridgehead atoms. The first kappa shape index (κ1) is 23.8. The van der Waals surface area contributed by atoms with E-state index in [4.69, 9.17) is 10.00 Å². The van der Waals surface area contributed by atoms with Gasteiger partial charge < -0.3 is 10.1 Å². The number of hydrogen-bond donors (Lipinski definition) is 1. The number of pyridine rings is 2. The number of ether oxygens (including phenoxy) is 1. The zero-order valence-corrected chi connectivity index (χ0v) is 16.0. The molecule has 0 aliphatic carbocycles. The Morgan fingerprint density at radius 3 is 2.14 bits per heavy atom. The summed E-state index contributed by atoms with van der Waals surface area (Å²) in [6, 6.07) is 7.43. The van der Waals surface area contributed by atoms with Crippen molar-refractivity contribution >= 4 is 6.09 Å². The van der Waals surface area contributed by atoms with Gasteiger partial charge in [-0.1, -0.05) is 6.07 Å². The van der Waals surface area contributed by atoms with Gasteiger partial charge in [-0.15, -0.1) is 0 Å². The lowest BCUT2D eigenvalue weighted by molar-refractivity contribution is 0.0522. The van der Waals surface area contributed by atoms with Gasteiger partial charge in [0, 0.05) is 18.9 Å². The first-order valence-electron chi connectivity index (χ1n) is 8.37. The van der Waals surface area contributed by atoms with Crippen molar-refractivity contribution < 1.29 is 27.1 Å². The Labute approximate surface area is 165 Å². The molecule has 0 saturated heterocycles. The number of alkyl carbamates (subject to hydrolysis) is 1. The highest BCUT2D eigenvalue weighted by atomic mass is 19.3. The van der Waals surface area contributed by atoms with E-state index in [1.807, 2.05) is 0 Å². The summed E-state index contributed by atoms with van der Waals surface area (Å²) in [5, 5.41) is 10.8. The lowest BCUT2D eigenvalue weighted by Crippen LogP contribution is -2.32. The Kier molecular flexibility index (Phi) is 8.99. The second-order valence-corrected chi connectivity index (χ2v) is 6.55. The SMILES string of the molecule is CC(C)(C)OC(=O)NCc1cccnc1C(F)F.N#Cc1cccnc1C(F)F. The minimum atomic E-state index is -2.68. The van der Waals surface area contributed by atoms with E-state index < -0.39 is 30.2 Å². The number of nitriles is 1. The fraction of sp³-hybridized carbons (Fsp3) is 0.368. The van der Waals surface area contributed by atoms with Gasteiger partial charge in [0.2, 0.25) is 0 Å². The second kappa shape index (κ2) is 10.9. The van der Waals surface area contributed by atoms with E-state index in [2.05, 4.69) is 15.3 Å². The highest BCUT2D eigenvalue weighted by Crippen LogP contribution is 2.20. The van der Waals surface area contributed by atoms with Gasteiger partial charge >= 0.3 is 6.09 Å². The van der Waals surface area contributed by atoms with Crippen LogP contribution < -0.4 is 5.32 Å². The Balaban J connectivity index is 0.000000326. The lowest BCUT2D eigenvalue weighted by Gasteiger charge is -2.19. The third-order valence-electron chi connectivity index (χ3n) is 3.12. The minimum Gasteiger partial charge on any atom is -0.444 e. The molecule has 0 unspecified atom stereocenters. The smallest absolute Gasteiger partial charge is 0.407 e. The van der Waals surface area contributed by atoms with Crippen LogP contribution >= 0.6 is 0 Å². The maximum atomic E-state index is 12.6. The van der Waals surface area contributed by atoms with Crippen LogP contribution in [0, 0.1) is 11.3 Å². The van der Waals surface area contributed by atoms with E-state index >= 15 is 0 Å². The molecule has 0 aliphatic heterocycles. The molecule has 10 heteroatoms. The number of amides is 1. The van der Waals surface area contributed by atoms with Crippen LogP contribution in [0.4, 0.5) is 22.4 Å². The van der Waals surface area contributed by atoms with Gasteiger partial charge in [-0.05, 0) is 44.5 Å². The molecule has 1 N–H and O–H groups in total. The van der Waals surface area contributed by atoms with E-state index in [9.17, 15) is 22.4 Å². The molecule has 6 nitrogen and oxygen atoms in total. The van der Waals surface area contributed by atoms with Gasteiger partial charge in [0.25, 0.3) is 12.9 Å². The maximum absolute atomic E-state index is 12.6. The molecule has 2 aromatic rings. The molecule has 0 saturated carbocycles. The van der Waals surface area contributed by atoms with Crippen molar-refractivity contribution in [3.05, 3.63) is 59.2 Å². The monoisotopic (exact) mass is 412 g/mol. The summed E-state index contributed by atoms with van der Waals surface area (Å²) < 4.78 is 54.2. The van der Waals surface area contributed by atoms with Crippen molar-refractivity contribution in [1.29, 1.82) is 5.26 Å². The number of alkyl halides is 4. The zero-order chi connectivity index (χ0) is 22.0. The van der Waals surface area contributed by atoms with Crippen molar-refractivity contribution in [1.82, 2.24) is 15.3 Å². The number of nitrogens with one attached hydrogen (secondary N) is 1. The van der Waals surface area contributed by atoms with E-state index in [-0.39, 0.29) is 23.4 Å². The number of carbonyl (C=O) groups excluding carboxylic acids is 1. The van der Waals surface area contributed by atoms with Crippen molar-refractivity contribution in [2.45, 2.75) is 45.8 Å². The van der Waals surface area contributed by atoms with Crippen LogP contribution in [-0.2, 0) is 11.3 Å². The fourth-order valence-electron chi connectivity index (χ4n) is 1.96. The summed E-state index contributed by atoms with van der Waals surface area (Å²) in [4.78, 5) is 18.3. The number of rotatable bonds is 4. The third kappa shape index (κ3) is 8.55. The van der Waals surface area contributed by atoms with Crippen LogP contribution in [0.2, 0.25) is 0 Å². The molecule has 1 amide bonds. The minimum absolute atomic E-state index is 0.0393. The summed E-state index contributed by atoms with van der Waals surface area (Å²) in [5.41, 5.74) is -1.19. The van der Waals surface area contributed by atoms with Crippen molar-refractivity contribution in [2.24, 2.45) is 0 Å². The lowest BCUT2D eigenvalue weighted by atomic mass is 10.2. The van der Waals surface area contributed by atoms with Crippen LogP contribution in [0.15, 0.2) is 36.7 Å². The van der Waals surface area contributed by atoms with Crippen molar-refractivity contribution in [3.63, 3.8) is 0 Å². The first-order valence-corrected chi connectivity index (χ1v) is 8.37. The molecule has 0 atom stereocenters. The molecule has 2 rings (SSSR count). The van der Waals surface area contributed by atoms with Crippen molar-refractivity contribution in [2.75, 3.05) is 0 Å². The Morgan fingerprint density at radius 2 is 1.66 bits per heavy atom. The van der Waals surface area contributed by atoms with Crippen LogP contribution in [0.25, 0.3) is 0 Å². The van der Waals surface area contributed by atoms with E-state index in [0.717, 1.165) is 0 Å². The predicted octanol–water partition coefficient (Wildman–Crippen LogP) is 4.93. The van der Waals surface area contributed by atoms with Crippen LogP contribution in [0.3, 0.4) is 0 Å². The second-order valence-electron chi connectivity index (χ2n) is 6.55. The van der Waals surface area contributed by atoms with Crippen LogP contribution in [0.5, 0.6) is 0 Å². The largest absolute Gasteiger partial charge is 0.444 e. The normalized spacial score (nSPS) is 10.8. The average molecular weight is 412 g/mol. The molecule has 2 heterocycles. The van der Waals surface area contributed by atoms with E-state index in [1.165, 1.54) is 36.7 Å². The summed E-state index contributed by atoms with van der Waals surface area (Å²) in [5.74, 6) is 0. The molecular formula is C19H20F4N4O2. The molecular weight excluding hydrogens is 392 g/mol. The quantitative estimate of drug-likeness (QED) is 0.719. The summed E-state index contributed by atoms with van der Waals surface area (Å²) in [7, 11) is 0. The van der Waals surface area contributed by atoms with Gasteiger partial charge in [-0.3, -0.25) is 9.97 Å². The summed E-state index contributed by atoms with van der Waals surface area (Å²) in [6.07, 6.45) is -3.46. The summed E-state index contributed by atoms with van der Waals surface area (Å²) in [6.45, 7) is 5.13. The highest BCUT2D eigenvalue weighted by Gasteiger charge is 2.18. The van der Waals surface area contributed by atoms with Gasteiger partial charge in [-0.2, -0.15) is 5.26 Å². The highest BCUT2D eigenvalue weighted by molar-refractivity contribution is 5.67. The summed E-state index contributed by atoms with van der Waals surface area (Å²) >= 11 is 0. The predicted molar refractivity (Wildman–Crippen MR) is 96.2 cm³/mol. The van der Waals surface area contributed by atoms with Crippen LogP contribution in [-0.4, -0.2) is 21.7 Å². The fourth-order valence-corrected chi connectivity index (χ4v) is 1.96. The molecule has 0 aromatic carbocycles. The number of hydrogen-bond acceptors (Lipinski definition) is 5. The van der Waals surface area contributed by atoms with Gasteiger partial charge in [0.15, 0.2) is 0 Å². The average Bonchev–Trinajstić information content (AvgIpc) is 2.65. The Hall–Kier alpha value is -3.22. The van der Waals surface area contributed by atoms with Crippen molar-refractivity contribution in [3.8, 4) is 6.07 Å². The van der Waals surface area contributed by atoms with E-state index in [1.54, 1.807) is 26.8 Å².